The lowest BCUT2D eigenvalue weighted by atomic mass is 10.1. The Bertz CT molecular complexity index is 919. The van der Waals surface area contributed by atoms with Crippen molar-refractivity contribution in [3.05, 3.63) is 53.5 Å². The van der Waals surface area contributed by atoms with Crippen LogP contribution in [-0.2, 0) is 9.59 Å². The highest BCUT2D eigenvalue weighted by Gasteiger charge is 2.32. The van der Waals surface area contributed by atoms with Gasteiger partial charge in [-0.1, -0.05) is 23.9 Å². The maximum Gasteiger partial charge on any atom is 0.240 e. The second-order valence-electron chi connectivity index (χ2n) is 6.16. The number of furan rings is 1. The molecule has 2 aromatic rings. The van der Waals surface area contributed by atoms with Crippen molar-refractivity contribution in [2.75, 3.05) is 5.32 Å². The molecule has 1 atom stereocenters. The molecule has 0 unspecified atom stereocenters. The first-order valence-corrected chi connectivity index (χ1v) is 9.31. The molecule has 2 amide bonds. The van der Waals surface area contributed by atoms with Crippen LogP contribution in [0.3, 0.4) is 0 Å². The van der Waals surface area contributed by atoms with Crippen molar-refractivity contribution >= 4 is 40.1 Å². The maximum atomic E-state index is 12.3. The van der Waals surface area contributed by atoms with E-state index >= 15 is 0 Å². The molecule has 1 aliphatic heterocycles. The van der Waals surface area contributed by atoms with E-state index < -0.39 is 5.25 Å². The highest BCUT2D eigenvalue weighted by atomic mass is 32.2. The summed E-state index contributed by atoms with van der Waals surface area (Å²) in [6.45, 7) is 5.70. The average Bonchev–Trinajstić information content (AvgIpc) is 3.27. The molecule has 0 bridgehead atoms. The number of benzene rings is 1. The van der Waals surface area contributed by atoms with E-state index in [1.54, 1.807) is 25.3 Å². The molecule has 1 aromatic heterocycles. The van der Waals surface area contributed by atoms with Crippen molar-refractivity contribution < 1.29 is 14.0 Å². The third-order valence-electron chi connectivity index (χ3n) is 4.19. The van der Waals surface area contributed by atoms with Crippen LogP contribution in [0.2, 0.25) is 0 Å². The van der Waals surface area contributed by atoms with Gasteiger partial charge in [-0.05, 0) is 50.1 Å². The van der Waals surface area contributed by atoms with E-state index in [-0.39, 0.29) is 18.2 Å². The number of rotatable bonds is 5. The molecule has 8 heteroatoms. The molecule has 1 fully saturated rings. The monoisotopic (exact) mass is 384 g/mol. The topological polar surface area (TPSA) is 96.1 Å². The molecule has 1 aromatic carbocycles. The molecule has 2 N–H and O–H groups in total. The Morgan fingerprint density at radius 2 is 2.11 bits per heavy atom. The Hall–Kier alpha value is -2.87. The number of nitrogens with one attached hydrogen (secondary N) is 2. The van der Waals surface area contributed by atoms with E-state index in [2.05, 4.69) is 20.8 Å². The molecule has 0 aliphatic carbocycles. The first-order chi connectivity index (χ1) is 12.9. The zero-order valence-electron chi connectivity index (χ0n) is 15.3. The fraction of sp³-hybridized carbons (Fsp3) is 0.263. The zero-order chi connectivity index (χ0) is 19.4. The van der Waals surface area contributed by atoms with Crippen LogP contribution in [0.25, 0.3) is 0 Å². The molecule has 2 heterocycles. The second kappa shape index (κ2) is 8.22. The number of carbonyl (C=O) groups excluding carboxylic acids is 2. The Morgan fingerprint density at radius 1 is 1.30 bits per heavy atom. The van der Waals surface area contributed by atoms with Gasteiger partial charge in [0.2, 0.25) is 11.8 Å². The van der Waals surface area contributed by atoms with Gasteiger partial charge in [-0.25, -0.2) is 0 Å². The van der Waals surface area contributed by atoms with Gasteiger partial charge >= 0.3 is 0 Å². The Labute approximate surface area is 161 Å². The number of carbonyl (C=O) groups is 2. The Morgan fingerprint density at radius 3 is 2.85 bits per heavy atom. The lowest BCUT2D eigenvalue weighted by Crippen LogP contribution is -2.28. The number of hydrogen-bond acceptors (Lipinski definition) is 6. The maximum absolute atomic E-state index is 12.3. The van der Waals surface area contributed by atoms with Gasteiger partial charge in [0, 0.05) is 12.1 Å². The summed E-state index contributed by atoms with van der Waals surface area (Å²) >= 11 is 1.20. The largest absolute Gasteiger partial charge is 0.463 e. The van der Waals surface area contributed by atoms with E-state index in [4.69, 9.17) is 4.42 Å². The zero-order valence-corrected chi connectivity index (χ0v) is 16.1. The molecule has 0 spiro atoms. The van der Waals surface area contributed by atoms with Gasteiger partial charge in [0.05, 0.1) is 6.26 Å². The van der Waals surface area contributed by atoms with E-state index in [1.807, 2.05) is 32.0 Å². The molecule has 140 valence electrons. The van der Waals surface area contributed by atoms with Crippen molar-refractivity contribution in [3.8, 4) is 0 Å². The van der Waals surface area contributed by atoms with Gasteiger partial charge in [0.1, 0.15) is 16.7 Å². The number of thioether (sulfide) groups is 1. The van der Waals surface area contributed by atoms with Gasteiger partial charge in [-0.2, -0.15) is 0 Å². The Balaban J connectivity index is 1.60. The smallest absolute Gasteiger partial charge is 0.240 e. The van der Waals surface area contributed by atoms with Crippen molar-refractivity contribution in [2.24, 2.45) is 10.2 Å². The van der Waals surface area contributed by atoms with Crippen molar-refractivity contribution in [1.29, 1.82) is 0 Å². The first-order valence-electron chi connectivity index (χ1n) is 8.43. The van der Waals surface area contributed by atoms with Crippen LogP contribution in [0.5, 0.6) is 0 Å². The predicted octanol–water partition coefficient (Wildman–Crippen LogP) is 3.24. The molecule has 27 heavy (non-hydrogen) atoms. The van der Waals surface area contributed by atoms with Gasteiger partial charge in [-0.3, -0.25) is 9.59 Å². The minimum atomic E-state index is -0.534. The van der Waals surface area contributed by atoms with Gasteiger partial charge in [0.25, 0.3) is 0 Å². The number of aryl methyl sites for hydroxylation is 1. The van der Waals surface area contributed by atoms with E-state index in [9.17, 15) is 9.59 Å². The summed E-state index contributed by atoms with van der Waals surface area (Å²) in [6, 6.07) is 9.26. The summed E-state index contributed by atoms with van der Waals surface area (Å²) in [5, 5.41) is 13.5. The molecular formula is C19H20N4O3S. The predicted molar refractivity (Wildman–Crippen MR) is 107 cm³/mol. The van der Waals surface area contributed by atoms with E-state index in [1.165, 1.54) is 11.8 Å². The fourth-order valence-corrected chi connectivity index (χ4v) is 3.41. The van der Waals surface area contributed by atoms with Crippen LogP contribution in [0.15, 0.2) is 51.2 Å². The molecule has 0 radical (unpaired) electrons. The average molecular weight is 384 g/mol. The summed E-state index contributed by atoms with van der Waals surface area (Å²) in [6.07, 6.45) is 1.61. The van der Waals surface area contributed by atoms with E-state index in [0.717, 1.165) is 16.8 Å². The SMILES string of the molecule is C/C(=N/N=C1\NC(=O)[C@@H](CC(=O)Nc2cccc(C)c2C)S1)c1ccco1. The summed E-state index contributed by atoms with van der Waals surface area (Å²) in [7, 11) is 0. The van der Waals surface area contributed by atoms with Crippen molar-refractivity contribution in [1.82, 2.24) is 5.32 Å². The van der Waals surface area contributed by atoms with Crippen LogP contribution < -0.4 is 10.6 Å². The van der Waals surface area contributed by atoms with Gasteiger partial charge in [0.15, 0.2) is 5.17 Å². The minimum Gasteiger partial charge on any atom is -0.463 e. The minimum absolute atomic E-state index is 0.0593. The normalized spacial score (nSPS) is 18.6. The molecule has 1 aliphatic rings. The van der Waals surface area contributed by atoms with Gasteiger partial charge in [-0.15, -0.1) is 10.2 Å². The first kappa shape index (κ1) is 18.9. The van der Waals surface area contributed by atoms with Crippen LogP contribution >= 0.6 is 11.8 Å². The summed E-state index contributed by atoms with van der Waals surface area (Å²) in [4.78, 5) is 24.4. The highest BCUT2D eigenvalue weighted by molar-refractivity contribution is 8.15. The number of amides is 2. The molecule has 7 nitrogen and oxygen atoms in total. The van der Waals surface area contributed by atoms with Crippen molar-refractivity contribution in [2.45, 2.75) is 32.4 Å². The lowest BCUT2D eigenvalue weighted by Gasteiger charge is -2.11. The van der Waals surface area contributed by atoms with Crippen LogP contribution in [-0.4, -0.2) is 27.9 Å². The molecule has 0 saturated carbocycles. The van der Waals surface area contributed by atoms with Crippen molar-refractivity contribution in [3.63, 3.8) is 0 Å². The second-order valence-corrected chi connectivity index (χ2v) is 7.35. The van der Waals surface area contributed by atoms with E-state index in [0.29, 0.717) is 16.6 Å². The number of anilines is 1. The molecule has 1 saturated heterocycles. The number of hydrogen-bond donors (Lipinski definition) is 2. The number of nitrogens with zero attached hydrogens (tertiary/aromatic N) is 2. The lowest BCUT2D eigenvalue weighted by molar-refractivity contribution is -0.122. The quantitative estimate of drug-likeness (QED) is 0.611. The molecular weight excluding hydrogens is 364 g/mol. The van der Waals surface area contributed by atoms with Gasteiger partial charge < -0.3 is 15.1 Å². The van der Waals surface area contributed by atoms with Crippen LogP contribution in [0.4, 0.5) is 5.69 Å². The summed E-state index contributed by atoms with van der Waals surface area (Å²) in [5.74, 6) is 0.145. The number of amidine groups is 1. The van der Waals surface area contributed by atoms with Crippen LogP contribution in [0, 0.1) is 13.8 Å². The Kier molecular flexibility index (Phi) is 5.75. The third kappa shape index (κ3) is 4.65. The third-order valence-corrected chi connectivity index (χ3v) is 5.27. The summed E-state index contributed by atoms with van der Waals surface area (Å²) < 4.78 is 5.23. The highest BCUT2D eigenvalue weighted by Crippen LogP contribution is 2.24. The molecule has 3 rings (SSSR count). The van der Waals surface area contributed by atoms with Crippen LogP contribution in [0.1, 0.15) is 30.2 Å². The standard InChI is InChI=1S/C19H20N4O3S/c1-11-6-4-7-14(12(11)2)20-17(24)10-16-18(25)21-19(27-16)23-22-13(3)15-8-5-9-26-15/h4-9,16H,10H2,1-3H3,(H,20,24)(H,21,23,25)/b22-13-/t16-/m1/s1. The fourth-order valence-electron chi connectivity index (χ4n) is 2.50. The summed E-state index contributed by atoms with van der Waals surface area (Å²) in [5.41, 5.74) is 3.47.